The predicted octanol–water partition coefficient (Wildman–Crippen LogP) is 4.57. The second-order valence-corrected chi connectivity index (χ2v) is 5.96. The van der Waals surface area contributed by atoms with E-state index in [9.17, 15) is 4.79 Å². The van der Waals surface area contributed by atoms with Crippen LogP contribution >= 0.6 is 11.6 Å². The first-order valence-electron chi connectivity index (χ1n) is 7.04. The molecule has 1 aliphatic carbocycles. The van der Waals surface area contributed by atoms with Crippen LogP contribution in [-0.4, -0.2) is 5.78 Å². The molecule has 0 radical (unpaired) electrons. The average molecular weight is 285 g/mol. The van der Waals surface area contributed by atoms with Gasteiger partial charge in [0, 0.05) is 11.4 Å². The smallest absolute Gasteiger partial charge is 0.147 e. The van der Waals surface area contributed by atoms with Gasteiger partial charge in [-0.25, -0.2) is 0 Å². The van der Waals surface area contributed by atoms with Crippen LogP contribution in [0, 0.1) is 0 Å². The molecule has 20 heavy (non-hydrogen) atoms. The summed E-state index contributed by atoms with van der Waals surface area (Å²) in [7, 11) is 0. The van der Waals surface area contributed by atoms with Crippen molar-refractivity contribution in [2.24, 2.45) is 0 Å². The first kappa shape index (κ1) is 13.4. The third-order valence-electron chi connectivity index (χ3n) is 4.35. The SMILES string of the molecule is O=C(Cc1ccc(Cl)cc1)C1(c2ccccc2)CCC1. The summed E-state index contributed by atoms with van der Waals surface area (Å²) >= 11 is 5.89. The Kier molecular flexibility index (Phi) is 3.62. The van der Waals surface area contributed by atoms with Crippen molar-refractivity contribution in [1.29, 1.82) is 0 Å². The number of hydrogen-bond acceptors (Lipinski definition) is 1. The zero-order valence-corrected chi connectivity index (χ0v) is 12.1. The fourth-order valence-corrected chi connectivity index (χ4v) is 3.10. The van der Waals surface area contributed by atoms with E-state index < -0.39 is 0 Å². The Morgan fingerprint density at radius 2 is 1.65 bits per heavy atom. The van der Waals surface area contributed by atoms with Gasteiger partial charge in [0.1, 0.15) is 5.78 Å². The van der Waals surface area contributed by atoms with E-state index in [4.69, 9.17) is 11.6 Å². The molecule has 3 rings (SSSR count). The standard InChI is InChI=1S/C18H17ClO/c19-16-9-7-14(8-10-16)13-17(20)18(11-4-12-18)15-5-2-1-3-6-15/h1-3,5-10H,4,11-13H2. The van der Waals surface area contributed by atoms with Crippen molar-refractivity contribution < 1.29 is 4.79 Å². The highest BCUT2D eigenvalue weighted by molar-refractivity contribution is 6.30. The highest BCUT2D eigenvalue weighted by Gasteiger charge is 2.44. The molecule has 1 nitrogen and oxygen atoms in total. The molecule has 0 spiro atoms. The minimum Gasteiger partial charge on any atom is -0.298 e. The Labute approximate surface area is 124 Å². The number of Topliss-reactive ketones (excluding diaryl/α,β-unsaturated/α-hetero) is 1. The summed E-state index contributed by atoms with van der Waals surface area (Å²) in [4.78, 5) is 12.8. The molecule has 0 heterocycles. The number of hydrogen-bond donors (Lipinski definition) is 0. The lowest BCUT2D eigenvalue weighted by Gasteiger charge is -2.41. The van der Waals surface area contributed by atoms with Crippen LogP contribution in [0.1, 0.15) is 30.4 Å². The van der Waals surface area contributed by atoms with Gasteiger partial charge in [-0.15, -0.1) is 0 Å². The summed E-state index contributed by atoms with van der Waals surface area (Å²) in [5.41, 5.74) is 1.97. The minimum absolute atomic E-state index is 0.249. The van der Waals surface area contributed by atoms with Crippen molar-refractivity contribution in [1.82, 2.24) is 0 Å². The van der Waals surface area contributed by atoms with Gasteiger partial charge in [0.15, 0.2) is 0 Å². The fraction of sp³-hybridized carbons (Fsp3) is 0.278. The average Bonchev–Trinajstić information content (AvgIpc) is 2.41. The normalized spacial score (nSPS) is 16.4. The molecule has 1 aliphatic rings. The van der Waals surface area contributed by atoms with Crippen LogP contribution in [0.3, 0.4) is 0 Å². The van der Waals surface area contributed by atoms with Crippen LogP contribution in [0.4, 0.5) is 0 Å². The number of benzene rings is 2. The molecule has 0 bridgehead atoms. The highest BCUT2D eigenvalue weighted by Crippen LogP contribution is 2.45. The number of carbonyl (C=O) groups is 1. The molecule has 1 fully saturated rings. The molecule has 0 unspecified atom stereocenters. The van der Waals surface area contributed by atoms with Crippen molar-refractivity contribution in [2.75, 3.05) is 0 Å². The maximum Gasteiger partial charge on any atom is 0.147 e. The van der Waals surface area contributed by atoms with Crippen LogP contribution in [0.5, 0.6) is 0 Å². The topological polar surface area (TPSA) is 17.1 Å². The Balaban J connectivity index is 1.83. The van der Waals surface area contributed by atoms with Gasteiger partial charge < -0.3 is 0 Å². The quantitative estimate of drug-likeness (QED) is 0.803. The van der Waals surface area contributed by atoms with Gasteiger partial charge in [0.25, 0.3) is 0 Å². The Hall–Kier alpha value is -1.60. The number of ketones is 1. The molecule has 0 aromatic heterocycles. The van der Waals surface area contributed by atoms with E-state index in [1.807, 2.05) is 42.5 Å². The lowest BCUT2D eigenvalue weighted by molar-refractivity contribution is -0.127. The fourth-order valence-electron chi connectivity index (χ4n) is 2.97. The van der Waals surface area contributed by atoms with Crippen LogP contribution < -0.4 is 0 Å². The maximum atomic E-state index is 12.8. The first-order chi connectivity index (χ1) is 9.71. The molecule has 2 heteroatoms. The van der Waals surface area contributed by atoms with E-state index in [1.165, 1.54) is 5.56 Å². The molecule has 102 valence electrons. The van der Waals surface area contributed by atoms with Gasteiger partial charge in [0.05, 0.1) is 5.41 Å². The highest BCUT2D eigenvalue weighted by atomic mass is 35.5. The third-order valence-corrected chi connectivity index (χ3v) is 4.60. The third kappa shape index (κ3) is 2.38. The van der Waals surface area contributed by atoms with Gasteiger partial charge in [-0.2, -0.15) is 0 Å². The molecule has 0 saturated heterocycles. The van der Waals surface area contributed by atoms with Crippen molar-refractivity contribution in [3.05, 3.63) is 70.7 Å². The molecule has 1 saturated carbocycles. The zero-order valence-electron chi connectivity index (χ0n) is 11.3. The van der Waals surface area contributed by atoms with E-state index in [2.05, 4.69) is 12.1 Å². The summed E-state index contributed by atoms with van der Waals surface area (Å²) in [5.74, 6) is 0.331. The van der Waals surface area contributed by atoms with Crippen LogP contribution in [0.2, 0.25) is 5.02 Å². The molecule has 0 N–H and O–H groups in total. The van der Waals surface area contributed by atoms with Crippen LogP contribution in [0.25, 0.3) is 0 Å². The maximum absolute atomic E-state index is 12.8. The Morgan fingerprint density at radius 3 is 2.20 bits per heavy atom. The molecule has 2 aromatic carbocycles. The predicted molar refractivity (Wildman–Crippen MR) is 82.1 cm³/mol. The zero-order chi connectivity index (χ0) is 14.0. The van der Waals surface area contributed by atoms with E-state index in [0.29, 0.717) is 17.2 Å². The minimum atomic E-state index is -0.249. The van der Waals surface area contributed by atoms with Gasteiger partial charge in [-0.05, 0) is 36.1 Å². The van der Waals surface area contributed by atoms with Crippen LogP contribution in [-0.2, 0) is 16.6 Å². The number of rotatable bonds is 4. The van der Waals surface area contributed by atoms with E-state index in [-0.39, 0.29) is 5.41 Å². The first-order valence-corrected chi connectivity index (χ1v) is 7.42. The lowest BCUT2D eigenvalue weighted by Crippen LogP contribution is -2.43. The van der Waals surface area contributed by atoms with Crippen molar-refractivity contribution in [3.63, 3.8) is 0 Å². The van der Waals surface area contributed by atoms with E-state index >= 15 is 0 Å². The summed E-state index contributed by atoms with van der Waals surface area (Å²) < 4.78 is 0. The van der Waals surface area contributed by atoms with E-state index in [1.54, 1.807) is 0 Å². The Bertz CT molecular complexity index is 597. The number of carbonyl (C=O) groups excluding carboxylic acids is 1. The van der Waals surface area contributed by atoms with Crippen molar-refractivity contribution >= 4 is 17.4 Å². The molecule has 2 aromatic rings. The largest absolute Gasteiger partial charge is 0.298 e. The molecule has 0 aliphatic heterocycles. The van der Waals surface area contributed by atoms with Crippen LogP contribution in [0.15, 0.2) is 54.6 Å². The van der Waals surface area contributed by atoms with E-state index in [0.717, 1.165) is 24.8 Å². The van der Waals surface area contributed by atoms with Gasteiger partial charge in [0.2, 0.25) is 0 Å². The Morgan fingerprint density at radius 1 is 1.00 bits per heavy atom. The second-order valence-electron chi connectivity index (χ2n) is 5.53. The van der Waals surface area contributed by atoms with Crippen molar-refractivity contribution in [3.8, 4) is 0 Å². The molecular formula is C18H17ClO. The summed E-state index contributed by atoms with van der Waals surface area (Å²) in [5, 5.41) is 0.711. The molecule has 0 atom stereocenters. The molecular weight excluding hydrogens is 268 g/mol. The second kappa shape index (κ2) is 5.41. The van der Waals surface area contributed by atoms with Crippen molar-refractivity contribution in [2.45, 2.75) is 31.1 Å². The van der Waals surface area contributed by atoms with Gasteiger partial charge in [-0.1, -0.05) is 60.5 Å². The summed E-state index contributed by atoms with van der Waals surface area (Å²) in [6.07, 6.45) is 3.58. The van der Waals surface area contributed by atoms with Gasteiger partial charge in [-0.3, -0.25) is 4.79 Å². The van der Waals surface area contributed by atoms with Gasteiger partial charge >= 0.3 is 0 Å². The summed E-state index contributed by atoms with van der Waals surface area (Å²) in [6.45, 7) is 0. The lowest BCUT2D eigenvalue weighted by atomic mass is 9.61. The summed E-state index contributed by atoms with van der Waals surface area (Å²) in [6, 6.07) is 17.8. The number of halogens is 1. The monoisotopic (exact) mass is 284 g/mol. The molecule has 0 amide bonds.